The molecule has 0 radical (unpaired) electrons. The van der Waals surface area contributed by atoms with Crippen molar-refractivity contribution in [1.29, 1.82) is 0 Å². The van der Waals surface area contributed by atoms with Gasteiger partial charge in [-0.1, -0.05) is 6.92 Å². The van der Waals surface area contributed by atoms with Crippen molar-refractivity contribution in [2.75, 3.05) is 20.3 Å². The highest BCUT2D eigenvalue weighted by atomic mass is 79.9. The highest BCUT2D eigenvalue weighted by Crippen LogP contribution is 2.22. The highest BCUT2D eigenvalue weighted by Gasteiger charge is 2.13. The standard InChI is InChI=1S/C13H23BrClN3O/c1-4-11-13(14)12(18(5-2)17-11)8-16-7-6-10(15)9-19-3/h10,16H,4-9H2,1-3H3. The van der Waals surface area contributed by atoms with Gasteiger partial charge in [-0.15, -0.1) is 11.6 Å². The molecule has 0 aliphatic rings. The maximum absolute atomic E-state index is 6.09. The van der Waals surface area contributed by atoms with Crippen LogP contribution in [0, 0.1) is 0 Å². The predicted molar refractivity (Wildman–Crippen MR) is 82.8 cm³/mol. The monoisotopic (exact) mass is 351 g/mol. The molecule has 0 aliphatic carbocycles. The highest BCUT2D eigenvalue weighted by molar-refractivity contribution is 9.10. The van der Waals surface area contributed by atoms with Crippen molar-refractivity contribution in [2.45, 2.75) is 45.2 Å². The summed E-state index contributed by atoms with van der Waals surface area (Å²) in [6.07, 6.45) is 1.84. The van der Waals surface area contributed by atoms with Crippen LogP contribution in [0.4, 0.5) is 0 Å². The molecule has 19 heavy (non-hydrogen) atoms. The molecule has 0 spiro atoms. The minimum atomic E-state index is 0.0724. The van der Waals surface area contributed by atoms with Gasteiger partial charge in [-0.25, -0.2) is 0 Å². The van der Waals surface area contributed by atoms with Gasteiger partial charge in [-0.05, 0) is 42.2 Å². The van der Waals surface area contributed by atoms with Crippen molar-refractivity contribution in [2.24, 2.45) is 0 Å². The second kappa shape index (κ2) is 8.95. The van der Waals surface area contributed by atoms with Gasteiger partial charge in [0.25, 0.3) is 0 Å². The van der Waals surface area contributed by atoms with E-state index in [4.69, 9.17) is 16.3 Å². The van der Waals surface area contributed by atoms with E-state index in [9.17, 15) is 0 Å². The summed E-state index contributed by atoms with van der Waals surface area (Å²) in [6.45, 7) is 7.39. The Labute approximate surface area is 129 Å². The third-order valence-corrected chi connectivity index (χ3v) is 4.23. The van der Waals surface area contributed by atoms with E-state index in [0.29, 0.717) is 6.61 Å². The van der Waals surface area contributed by atoms with E-state index < -0.39 is 0 Å². The SMILES string of the molecule is CCc1nn(CC)c(CNCCC(Cl)COC)c1Br. The van der Waals surface area contributed by atoms with Crippen LogP contribution in [0.25, 0.3) is 0 Å². The molecule has 1 atom stereocenters. The molecule has 0 bridgehead atoms. The molecule has 0 saturated heterocycles. The lowest BCUT2D eigenvalue weighted by Crippen LogP contribution is -2.21. The van der Waals surface area contributed by atoms with E-state index in [1.54, 1.807) is 7.11 Å². The molecule has 4 nitrogen and oxygen atoms in total. The lowest BCUT2D eigenvalue weighted by Gasteiger charge is -2.10. The van der Waals surface area contributed by atoms with E-state index in [1.807, 2.05) is 4.68 Å². The molecule has 0 fully saturated rings. The molecule has 0 amide bonds. The Bertz CT molecular complexity index is 384. The van der Waals surface area contributed by atoms with Crippen LogP contribution in [0.15, 0.2) is 4.47 Å². The van der Waals surface area contributed by atoms with Crippen LogP contribution in [-0.4, -0.2) is 35.4 Å². The average Bonchev–Trinajstić information content (AvgIpc) is 2.71. The number of halogens is 2. The Morgan fingerprint density at radius 1 is 1.47 bits per heavy atom. The molecule has 0 aromatic carbocycles. The summed E-state index contributed by atoms with van der Waals surface area (Å²) in [5, 5.41) is 8.06. The minimum absolute atomic E-state index is 0.0724. The number of alkyl halides is 1. The van der Waals surface area contributed by atoms with Crippen LogP contribution in [0.1, 0.15) is 31.7 Å². The first-order valence-electron chi connectivity index (χ1n) is 6.71. The number of nitrogens with zero attached hydrogens (tertiary/aromatic N) is 2. The van der Waals surface area contributed by atoms with E-state index in [1.165, 1.54) is 5.69 Å². The zero-order valence-corrected chi connectivity index (χ0v) is 14.2. The largest absolute Gasteiger partial charge is 0.383 e. The molecule has 1 rings (SSSR count). The topological polar surface area (TPSA) is 39.1 Å². The molecular weight excluding hydrogens is 330 g/mol. The first-order valence-corrected chi connectivity index (χ1v) is 7.94. The zero-order valence-electron chi connectivity index (χ0n) is 11.9. The molecule has 1 aromatic rings. The number of aryl methyl sites for hydroxylation is 2. The van der Waals surface area contributed by atoms with Gasteiger partial charge < -0.3 is 10.1 Å². The molecule has 1 unspecified atom stereocenters. The van der Waals surface area contributed by atoms with Crippen LogP contribution in [0.2, 0.25) is 0 Å². The normalized spacial score (nSPS) is 12.9. The molecule has 0 aliphatic heterocycles. The van der Waals surface area contributed by atoms with Gasteiger partial charge >= 0.3 is 0 Å². The summed E-state index contributed by atoms with van der Waals surface area (Å²) in [5.41, 5.74) is 2.32. The maximum Gasteiger partial charge on any atom is 0.0767 e. The summed E-state index contributed by atoms with van der Waals surface area (Å²) < 4.78 is 8.18. The van der Waals surface area contributed by atoms with Crippen LogP contribution >= 0.6 is 27.5 Å². The summed E-state index contributed by atoms with van der Waals surface area (Å²) in [5.74, 6) is 0. The predicted octanol–water partition coefficient (Wildman–Crippen LogP) is 2.96. The van der Waals surface area contributed by atoms with Crippen LogP contribution in [0.3, 0.4) is 0 Å². The van der Waals surface area contributed by atoms with Gasteiger partial charge in [-0.2, -0.15) is 5.10 Å². The number of aromatic nitrogens is 2. The summed E-state index contributed by atoms with van der Waals surface area (Å²) in [6, 6.07) is 0. The van der Waals surface area contributed by atoms with Crippen molar-refractivity contribution in [3.05, 3.63) is 15.9 Å². The summed E-state index contributed by atoms with van der Waals surface area (Å²) in [7, 11) is 1.67. The Kier molecular flexibility index (Phi) is 7.99. The Morgan fingerprint density at radius 2 is 2.21 bits per heavy atom. The second-order valence-corrected chi connectivity index (χ2v) is 5.80. The third-order valence-electron chi connectivity index (χ3n) is 2.97. The lowest BCUT2D eigenvalue weighted by molar-refractivity contribution is 0.195. The second-order valence-electron chi connectivity index (χ2n) is 4.39. The van der Waals surface area contributed by atoms with Crippen LogP contribution in [0.5, 0.6) is 0 Å². The fourth-order valence-corrected chi connectivity index (χ4v) is 2.86. The van der Waals surface area contributed by atoms with Crippen LogP contribution < -0.4 is 5.32 Å². The van der Waals surface area contributed by atoms with Crippen molar-refractivity contribution in [3.8, 4) is 0 Å². The lowest BCUT2D eigenvalue weighted by atomic mass is 10.3. The van der Waals surface area contributed by atoms with E-state index in [0.717, 1.165) is 42.6 Å². The quantitative estimate of drug-likeness (QED) is 0.548. The molecule has 1 heterocycles. The van der Waals surface area contributed by atoms with Crippen molar-refractivity contribution in [3.63, 3.8) is 0 Å². The minimum Gasteiger partial charge on any atom is -0.383 e. The van der Waals surface area contributed by atoms with Gasteiger partial charge in [0.15, 0.2) is 0 Å². The number of methoxy groups -OCH3 is 1. The Morgan fingerprint density at radius 3 is 2.79 bits per heavy atom. The smallest absolute Gasteiger partial charge is 0.0767 e. The van der Waals surface area contributed by atoms with E-state index >= 15 is 0 Å². The average molecular weight is 353 g/mol. The Hall–Kier alpha value is -0.100. The fraction of sp³-hybridized carbons (Fsp3) is 0.769. The fourth-order valence-electron chi connectivity index (χ4n) is 1.92. The van der Waals surface area contributed by atoms with Gasteiger partial charge in [0, 0.05) is 20.2 Å². The van der Waals surface area contributed by atoms with Gasteiger partial charge in [0.1, 0.15) is 0 Å². The molecular formula is C13H23BrClN3O. The number of rotatable bonds is 9. The molecule has 1 aromatic heterocycles. The molecule has 0 saturated carbocycles. The zero-order chi connectivity index (χ0) is 14.3. The summed E-state index contributed by atoms with van der Waals surface area (Å²) >= 11 is 9.73. The van der Waals surface area contributed by atoms with Gasteiger partial charge in [0.05, 0.1) is 27.8 Å². The van der Waals surface area contributed by atoms with E-state index in [-0.39, 0.29) is 5.38 Å². The van der Waals surface area contributed by atoms with Gasteiger partial charge in [-0.3, -0.25) is 4.68 Å². The number of hydrogen-bond donors (Lipinski definition) is 1. The Balaban J connectivity index is 2.46. The van der Waals surface area contributed by atoms with E-state index in [2.05, 4.69) is 40.2 Å². The van der Waals surface area contributed by atoms with Crippen molar-refractivity contribution >= 4 is 27.5 Å². The number of ether oxygens (including phenoxy) is 1. The maximum atomic E-state index is 6.09. The molecule has 110 valence electrons. The van der Waals surface area contributed by atoms with Crippen molar-refractivity contribution in [1.82, 2.24) is 15.1 Å². The first kappa shape index (κ1) is 17.0. The number of nitrogens with one attached hydrogen (secondary N) is 1. The first-order chi connectivity index (χ1) is 9.13. The third kappa shape index (κ3) is 5.06. The van der Waals surface area contributed by atoms with Crippen molar-refractivity contribution < 1.29 is 4.74 Å². The van der Waals surface area contributed by atoms with Gasteiger partial charge in [0.2, 0.25) is 0 Å². The van der Waals surface area contributed by atoms with Crippen LogP contribution in [-0.2, 0) is 24.2 Å². The number of hydrogen-bond acceptors (Lipinski definition) is 3. The molecule has 1 N–H and O–H groups in total. The molecule has 6 heteroatoms. The summed E-state index contributed by atoms with van der Waals surface area (Å²) in [4.78, 5) is 0.